The van der Waals surface area contributed by atoms with Crippen molar-refractivity contribution in [2.75, 3.05) is 0 Å². The van der Waals surface area contributed by atoms with Gasteiger partial charge in [-0.15, -0.1) is 0 Å². The van der Waals surface area contributed by atoms with E-state index >= 15 is 0 Å². The largest absolute Gasteiger partial charge is 0.271 e. The molecule has 0 saturated heterocycles. The molecular formula is C14H21N3. The maximum Gasteiger partial charge on any atom is 0.0508 e. The summed E-state index contributed by atoms with van der Waals surface area (Å²) in [6.07, 6.45) is 9.46. The molecule has 1 aromatic heterocycles. The molecule has 2 aliphatic rings. The summed E-state index contributed by atoms with van der Waals surface area (Å²) in [6, 6.07) is 2.51. The number of hydrogen-bond donors (Lipinski definition) is 2. The van der Waals surface area contributed by atoms with Gasteiger partial charge in [0, 0.05) is 12.4 Å². The maximum atomic E-state index is 5.77. The minimum Gasteiger partial charge on any atom is -0.271 e. The monoisotopic (exact) mass is 231 g/mol. The van der Waals surface area contributed by atoms with E-state index in [1.165, 1.54) is 36.8 Å². The normalized spacial score (nSPS) is 32.9. The van der Waals surface area contributed by atoms with Crippen LogP contribution in [0, 0.1) is 24.7 Å². The average Bonchev–Trinajstić information content (AvgIpc) is 3.05. The zero-order valence-electron chi connectivity index (χ0n) is 10.4. The molecule has 3 rings (SSSR count). The number of pyridine rings is 1. The Kier molecular flexibility index (Phi) is 2.89. The van der Waals surface area contributed by atoms with Gasteiger partial charge >= 0.3 is 0 Å². The predicted molar refractivity (Wildman–Crippen MR) is 68.0 cm³/mol. The lowest BCUT2D eigenvalue weighted by molar-refractivity contribution is 0.455. The zero-order valence-corrected chi connectivity index (χ0v) is 10.4. The first-order valence-corrected chi connectivity index (χ1v) is 6.69. The fourth-order valence-corrected chi connectivity index (χ4v) is 3.72. The van der Waals surface area contributed by atoms with E-state index in [-0.39, 0.29) is 0 Å². The highest BCUT2D eigenvalue weighted by molar-refractivity contribution is 5.24. The van der Waals surface area contributed by atoms with Crippen molar-refractivity contribution in [3.8, 4) is 0 Å². The molecule has 0 amide bonds. The van der Waals surface area contributed by atoms with Crippen LogP contribution < -0.4 is 11.3 Å². The lowest BCUT2D eigenvalue weighted by atomic mass is 10.0. The maximum absolute atomic E-state index is 5.77. The highest BCUT2D eigenvalue weighted by atomic mass is 15.2. The summed E-state index contributed by atoms with van der Waals surface area (Å²) in [4.78, 5) is 4.29. The van der Waals surface area contributed by atoms with Gasteiger partial charge in [-0.3, -0.25) is 16.3 Å². The summed E-state index contributed by atoms with van der Waals surface area (Å²) in [5, 5.41) is 0. The molecule has 1 aromatic rings. The fraction of sp³-hybridized carbons (Fsp3) is 0.643. The van der Waals surface area contributed by atoms with E-state index in [1.54, 1.807) is 0 Å². The lowest BCUT2D eigenvalue weighted by Crippen LogP contribution is -2.30. The molecule has 2 saturated carbocycles. The molecule has 3 atom stereocenters. The van der Waals surface area contributed by atoms with Crippen molar-refractivity contribution in [3.63, 3.8) is 0 Å². The number of nitrogens with two attached hydrogens (primary N) is 1. The number of nitrogens with one attached hydrogen (secondary N) is 1. The number of fused-ring (bicyclic) bond motifs is 1. The highest BCUT2D eigenvalue weighted by Gasteiger charge is 2.54. The summed E-state index contributed by atoms with van der Waals surface area (Å²) >= 11 is 0. The van der Waals surface area contributed by atoms with Crippen LogP contribution in [0.4, 0.5) is 0 Å². The third kappa shape index (κ3) is 1.98. The summed E-state index contributed by atoms with van der Waals surface area (Å²) in [7, 11) is 0. The molecule has 3 N–H and O–H groups in total. The Labute approximate surface area is 103 Å². The standard InChI is InChI=1S/C14H21N3/c1-9-6-10(8-16-7-9)14(17-15)13-11-4-2-3-5-12(11)13/h6-8,11-14,17H,2-5,15H2,1H3. The number of rotatable bonds is 3. The van der Waals surface area contributed by atoms with E-state index in [9.17, 15) is 0 Å². The van der Waals surface area contributed by atoms with Crippen molar-refractivity contribution in [1.29, 1.82) is 0 Å². The smallest absolute Gasteiger partial charge is 0.0508 e. The molecule has 92 valence electrons. The van der Waals surface area contributed by atoms with E-state index in [0.29, 0.717) is 6.04 Å². The zero-order chi connectivity index (χ0) is 11.8. The van der Waals surface area contributed by atoms with Gasteiger partial charge < -0.3 is 0 Å². The lowest BCUT2D eigenvalue weighted by Gasteiger charge is -2.16. The van der Waals surface area contributed by atoms with Crippen LogP contribution in [-0.4, -0.2) is 4.98 Å². The fourth-order valence-electron chi connectivity index (χ4n) is 3.72. The van der Waals surface area contributed by atoms with Gasteiger partial charge in [0.05, 0.1) is 6.04 Å². The Morgan fingerprint density at radius 2 is 2.00 bits per heavy atom. The van der Waals surface area contributed by atoms with Gasteiger partial charge in [0.15, 0.2) is 0 Å². The second-order valence-corrected chi connectivity index (χ2v) is 5.63. The van der Waals surface area contributed by atoms with E-state index in [0.717, 1.165) is 17.8 Å². The molecule has 0 bridgehead atoms. The molecular weight excluding hydrogens is 210 g/mol. The van der Waals surface area contributed by atoms with Crippen molar-refractivity contribution in [2.24, 2.45) is 23.6 Å². The minimum atomic E-state index is 0.301. The van der Waals surface area contributed by atoms with Crippen LogP contribution in [-0.2, 0) is 0 Å². The number of nitrogens with zero attached hydrogens (tertiary/aromatic N) is 1. The summed E-state index contributed by atoms with van der Waals surface area (Å²) < 4.78 is 0. The Hall–Kier alpha value is -0.930. The number of hydrogen-bond acceptors (Lipinski definition) is 3. The molecule has 0 spiro atoms. The number of aromatic nitrogens is 1. The van der Waals surface area contributed by atoms with Crippen LogP contribution in [0.5, 0.6) is 0 Å². The molecule has 1 heterocycles. The molecule has 3 unspecified atom stereocenters. The predicted octanol–water partition coefficient (Wildman–Crippen LogP) is 2.33. The highest BCUT2D eigenvalue weighted by Crippen LogP contribution is 2.60. The molecule has 0 aliphatic heterocycles. The minimum absolute atomic E-state index is 0.301. The third-order valence-electron chi connectivity index (χ3n) is 4.54. The molecule has 2 fully saturated rings. The van der Waals surface area contributed by atoms with Gasteiger partial charge in [0.1, 0.15) is 0 Å². The van der Waals surface area contributed by atoms with Crippen molar-refractivity contribution in [3.05, 3.63) is 29.6 Å². The van der Waals surface area contributed by atoms with Crippen LogP contribution >= 0.6 is 0 Å². The Balaban J connectivity index is 1.80. The van der Waals surface area contributed by atoms with Crippen molar-refractivity contribution in [2.45, 2.75) is 38.6 Å². The number of aryl methyl sites for hydroxylation is 1. The van der Waals surface area contributed by atoms with Crippen molar-refractivity contribution >= 4 is 0 Å². The van der Waals surface area contributed by atoms with Gasteiger partial charge in [-0.05, 0) is 48.6 Å². The van der Waals surface area contributed by atoms with E-state index in [1.807, 2.05) is 12.4 Å². The third-order valence-corrected chi connectivity index (χ3v) is 4.54. The molecule has 3 nitrogen and oxygen atoms in total. The van der Waals surface area contributed by atoms with Crippen LogP contribution in [0.15, 0.2) is 18.5 Å². The van der Waals surface area contributed by atoms with Crippen LogP contribution in [0.25, 0.3) is 0 Å². The van der Waals surface area contributed by atoms with Gasteiger partial charge in [-0.25, -0.2) is 0 Å². The quantitative estimate of drug-likeness (QED) is 0.620. The van der Waals surface area contributed by atoms with E-state index in [4.69, 9.17) is 5.84 Å². The van der Waals surface area contributed by atoms with Crippen LogP contribution in [0.2, 0.25) is 0 Å². The SMILES string of the molecule is Cc1cncc(C(NN)C2C3CCCCC32)c1. The summed E-state index contributed by atoms with van der Waals surface area (Å²) in [5.41, 5.74) is 5.49. The first-order valence-electron chi connectivity index (χ1n) is 6.69. The van der Waals surface area contributed by atoms with Crippen molar-refractivity contribution < 1.29 is 0 Å². The summed E-state index contributed by atoms with van der Waals surface area (Å²) in [5.74, 6) is 8.33. The second-order valence-electron chi connectivity index (χ2n) is 5.63. The van der Waals surface area contributed by atoms with Crippen LogP contribution in [0.3, 0.4) is 0 Å². The summed E-state index contributed by atoms with van der Waals surface area (Å²) in [6.45, 7) is 2.09. The first-order chi connectivity index (χ1) is 8.31. The van der Waals surface area contributed by atoms with Gasteiger partial charge in [-0.2, -0.15) is 0 Å². The first kappa shape index (κ1) is 11.2. The Morgan fingerprint density at radius 3 is 2.59 bits per heavy atom. The van der Waals surface area contributed by atoms with E-state index < -0.39 is 0 Å². The Bertz CT molecular complexity index is 392. The van der Waals surface area contributed by atoms with Gasteiger partial charge in [0.2, 0.25) is 0 Å². The number of hydrazine groups is 1. The molecule has 0 aromatic carbocycles. The van der Waals surface area contributed by atoms with Gasteiger partial charge in [-0.1, -0.05) is 18.9 Å². The van der Waals surface area contributed by atoms with E-state index in [2.05, 4.69) is 23.4 Å². The van der Waals surface area contributed by atoms with Gasteiger partial charge in [0.25, 0.3) is 0 Å². The van der Waals surface area contributed by atoms with Crippen molar-refractivity contribution in [1.82, 2.24) is 10.4 Å². The molecule has 3 heteroatoms. The average molecular weight is 231 g/mol. The molecule has 2 aliphatic carbocycles. The second kappa shape index (κ2) is 4.39. The molecule has 17 heavy (non-hydrogen) atoms. The topological polar surface area (TPSA) is 50.9 Å². The Morgan fingerprint density at radius 1 is 1.29 bits per heavy atom. The van der Waals surface area contributed by atoms with Crippen LogP contribution in [0.1, 0.15) is 42.9 Å². The molecule has 0 radical (unpaired) electrons.